The highest BCUT2D eigenvalue weighted by atomic mass is 16.6. The van der Waals surface area contributed by atoms with Gasteiger partial charge in [0, 0.05) is 37.9 Å². The second-order valence-electron chi connectivity index (χ2n) is 23.7. The molecule has 3 heterocycles. The second-order valence-corrected chi connectivity index (χ2v) is 23.7. The van der Waals surface area contributed by atoms with Crippen molar-refractivity contribution in [1.82, 2.24) is 31.9 Å². The number of nitrogens with one attached hydrogen (secondary N) is 6. The van der Waals surface area contributed by atoms with Crippen LogP contribution in [0.15, 0.2) is 54.1 Å². The maximum Gasteiger partial charge on any atom is 0.243 e. The molecule has 6 aliphatic rings. The van der Waals surface area contributed by atoms with Crippen LogP contribution in [0.2, 0.25) is 0 Å². The minimum atomic E-state index is -1.18. The van der Waals surface area contributed by atoms with E-state index in [0.29, 0.717) is 93.6 Å². The lowest BCUT2D eigenvalue weighted by Crippen LogP contribution is -2.57. The first-order valence-electron chi connectivity index (χ1n) is 29.2. The Morgan fingerprint density at radius 2 is 1.14 bits per heavy atom. The first kappa shape index (κ1) is 60.9. The Kier molecular flexibility index (Phi) is 20.5. The Bertz CT molecular complexity index is 2640. The summed E-state index contributed by atoms with van der Waals surface area (Å²) in [5.74, 6) is -3.27. The van der Waals surface area contributed by atoms with E-state index in [2.05, 4.69) is 38.0 Å². The SMILES string of the molecule is COc1ccc(CC(NC(=O)C(C)NC(=O)C2CCC(O)CC2)C(=O)NC(CC2CCCC2c2cc(CC(NC(=O)C(C)NC(=O)C3CCOCC3)C(=O)NC(CC3=CCCC3)C(=O)C3(C)CO3)ccc2OC)C(=O)C2(C)CO2)cc1. The van der Waals surface area contributed by atoms with Crippen LogP contribution in [0.1, 0.15) is 140 Å². The Labute approximate surface area is 475 Å². The van der Waals surface area contributed by atoms with Crippen molar-refractivity contribution >= 4 is 47.0 Å². The van der Waals surface area contributed by atoms with E-state index in [-0.39, 0.29) is 79.5 Å². The van der Waals surface area contributed by atoms with Crippen LogP contribution in [-0.2, 0) is 65.4 Å². The van der Waals surface area contributed by atoms with Gasteiger partial charge in [0.15, 0.2) is 11.6 Å². The molecule has 6 amide bonds. The molecular weight excluding hydrogens is 1040 g/mol. The molecular formula is C61H84N6O14. The minimum absolute atomic E-state index is 0.00510. The fourth-order valence-corrected chi connectivity index (χ4v) is 12.0. The highest BCUT2D eigenvalue weighted by Gasteiger charge is 2.52. The summed E-state index contributed by atoms with van der Waals surface area (Å²) >= 11 is 0. The van der Waals surface area contributed by atoms with Crippen LogP contribution < -0.4 is 41.4 Å². The van der Waals surface area contributed by atoms with Crippen molar-refractivity contribution < 1.29 is 67.1 Å². The molecule has 0 bridgehead atoms. The van der Waals surface area contributed by atoms with Crippen molar-refractivity contribution in [2.75, 3.05) is 40.6 Å². The van der Waals surface area contributed by atoms with Gasteiger partial charge in [0.1, 0.15) is 46.9 Å². The monoisotopic (exact) mass is 1120 g/mol. The third-order valence-corrected chi connectivity index (χ3v) is 17.4. The van der Waals surface area contributed by atoms with Crippen molar-refractivity contribution in [1.29, 1.82) is 0 Å². The van der Waals surface area contributed by atoms with Gasteiger partial charge < -0.3 is 60.7 Å². The lowest BCUT2D eigenvalue weighted by Gasteiger charge is -2.30. The first-order chi connectivity index (χ1) is 38.8. The van der Waals surface area contributed by atoms with E-state index in [1.165, 1.54) is 0 Å². The number of aliphatic hydroxyl groups excluding tert-OH is 1. The van der Waals surface area contributed by atoms with E-state index in [9.17, 15) is 43.5 Å². The van der Waals surface area contributed by atoms with Crippen LogP contribution >= 0.6 is 0 Å². The average Bonchev–Trinajstić information content (AvgIpc) is 4.48. The van der Waals surface area contributed by atoms with Crippen molar-refractivity contribution in [3.8, 4) is 11.5 Å². The Hall–Kier alpha value is -6.22. The summed E-state index contributed by atoms with van der Waals surface area (Å²) in [7, 11) is 3.11. The molecule has 442 valence electrons. The third kappa shape index (κ3) is 16.1. The van der Waals surface area contributed by atoms with Crippen molar-refractivity contribution in [3.05, 3.63) is 70.8 Å². The van der Waals surface area contributed by atoms with E-state index in [4.69, 9.17) is 23.7 Å². The summed E-state index contributed by atoms with van der Waals surface area (Å²) < 4.78 is 28.0. The van der Waals surface area contributed by atoms with E-state index < -0.39 is 77.2 Å². The highest BCUT2D eigenvalue weighted by molar-refractivity contribution is 6.00. The molecule has 5 fully saturated rings. The number of amides is 6. The standard InChI is InChI=1S/C61H84N6O14/c1-35(62-56(73)40-17-19-43(68)20-18-40)54(71)66-49(30-38-14-21-44(77-5)22-15-38)58(75)65-48(53(70)61(4)34-81-61)32-42-12-9-13-45(42)46-28-39(16-23-51(46)78-6)31-50(67-55(72)36(2)63-57(74)41-24-26-79-27-25-41)59(76)64-47(29-37-10-7-8-11-37)52(69)60(3)33-80-60/h10,14-16,21-23,28,35-36,40-43,45,47-50,68H,7-9,11-13,17-20,24-27,29-34H2,1-6H3,(H,62,73)(H,63,74)(H,64,76)(H,65,75)(H,66,71)(H,67,72). The smallest absolute Gasteiger partial charge is 0.243 e. The summed E-state index contributed by atoms with van der Waals surface area (Å²) in [5.41, 5.74) is 1.12. The topological polar surface area (TPSA) is 282 Å². The molecule has 3 saturated heterocycles. The van der Waals surface area contributed by atoms with Crippen molar-refractivity contribution in [2.45, 2.75) is 190 Å². The molecule has 0 spiro atoms. The molecule has 0 aromatic heterocycles. The molecule has 3 aliphatic heterocycles. The normalized spacial score (nSPS) is 26.4. The number of carbonyl (C=O) groups is 8. The van der Waals surface area contributed by atoms with E-state index in [1.807, 2.05) is 18.2 Å². The zero-order valence-electron chi connectivity index (χ0n) is 47.9. The van der Waals surface area contributed by atoms with Gasteiger partial charge in [0.05, 0.1) is 45.6 Å². The zero-order valence-corrected chi connectivity index (χ0v) is 47.9. The van der Waals surface area contributed by atoms with Crippen LogP contribution in [0.3, 0.4) is 0 Å². The minimum Gasteiger partial charge on any atom is -0.497 e. The molecule has 7 N–H and O–H groups in total. The number of carbonyl (C=O) groups excluding carboxylic acids is 8. The van der Waals surface area contributed by atoms with Crippen molar-refractivity contribution in [3.63, 3.8) is 0 Å². The van der Waals surface area contributed by atoms with Gasteiger partial charge in [-0.25, -0.2) is 0 Å². The van der Waals surface area contributed by atoms with Crippen LogP contribution in [0.4, 0.5) is 0 Å². The largest absolute Gasteiger partial charge is 0.497 e. The molecule has 20 nitrogen and oxygen atoms in total. The lowest BCUT2D eigenvalue weighted by molar-refractivity contribution is -0.135. The Morgan fingerprint density at radius 3 is 1.68 bits per heavy atom. The summed E-state index contributed by atoms with van der Waals surface area (Å²) in [6.45, 7) is 7.84. The van der Waals surface area contributed by atoms with Gasteiger partial charge in [-0.05, 0) is 158 Å². The van der Waals surface area contributed by atoms with E-state index >= 15 is 0 Å². The van der Waals surface area contributed by atoms with E-state index in [0.717, 1.165) is 36.8 Å². The number of benzene rings is 2. The van der Waals surface area contributed by atoms with Gasteiger partial charge in [-0.2, -0.15) is 0 Å². The summed E-state index contributed by atoms with van der Waals surface area (Å²) in [5, 5.41) is 27.4. The molecule has 2 aromatic rings. The molecule has 2 saturated carbocycles. The predicted molar refractivity (Wildman–Crippen MR) is 298 cm³/mol. The number of epoxide rings is 2. The van der Waals surface area contributed by atoms with Gasteiger partial charge in [0.2, 0.25) is 35.4 Å². The summed E-state index contributed by atoms with van der Waals surface area (Å²) in [6.07, 6.45) is 10.2. The average molecular weight is 1130 g/mol. The van der Waals surface area contributed by atoms with E-state index in [1.54, 1.807) is 66.2 Å². The molecule has 0 radical (unpaired) electrons. The van der Waals surface area contributed by atoms with Gasteiger partial charge in [0.25, 0.3) is 0 Å². The van der Waals surface area contributed by atoms with Gasteiger partial charge >= 0.3 is 0 Å². The van der Waals surface area contributed by atoms with Crippen LogP contribution in [-0.4, -0.2) is 146 Å². The third-order valence-electron chi connectivity index (χ3n) is 17.4. The maximum absolute atomic E-state index is 14.7. The van der Waals surface area contributed by atoms with Gasteiger partial charge in [-0.3, -0.25) is 38.4 Å². The summed E-state index contributed by atoms with van der Waals surface area (Å²) in [4.78, 5) is 112. The van der Waals surface area contributed by atoms with Gasteiger partial charge in [-0.15, -0.1) is 0 Å². The quantitative estimate of drug-likeness (QED) is 0.0494. The number of aliphatic hydroxyl groups is 1. The number of rotatable bonds is 27. The zero-order chi connectivity index (χ0) is 58.0. The fourth-order valence-electron chi connectivity index (χ4n) is 12.0. The van der Waals surface area contributed by atoms with Crippen molar-refractivity contribution in [2.24, 2.45) is 17.8 Å². The Morgan fingerprint density at radius 1 is 0.605 bits per heavy atom. The molecule has 81 heavy (non-hydrogen) atoms. The predicted octanol–water partition coefficient (Wildman–Crippen LogP) is 3.91. The number of Topliss-reactive ketones (excluding diaryl/α,β-unsaturated/α-hetero) is 2. The van der Waals surface area contributed by atoms with Gasteiger partial charge in [-0.1, -0.05) is 42.3 Å². The van der Waals surface area contributed by atoms with Crippen LogP contribution in [0.25, 0.3) is 0 Å². The number of allylic oxidation sites excluding steroid dienone is 1. The first-order valence-corrected chi connectivity index (χ1v) is 29.2. The molecule has 10 unspecified atom stereocenters. The Balaban J connectivity index is 1.02. The lowest BCUT2D eigenvalue weighted by atomic mass is 9.81. The summed E-state index contributed by atoms with van der Waals surface area (Å²) in [6, 6.07) is 6.39. The maximum atomic E-state index is 14.7. The number of ketones is 2. The molecule has 20 heteroatoms. The molecule has 10 atom stereocenters. The molecule has 2 aromatic carbocycles. The van der Waals surface area contributed by atoms with Crippen LogP contribution in [0.5, 0.6) is 11.5 Å². The molecule has 8 rings (SSSR count). The fraction of sp³-hybridized carbons (Fsp3) is 0.639. The number of hydrogen-bond acceptors (Lipinski definition) is 14. The number of methoxy groups -OCH3 is 2. The molecule has 3 aliphatic carbocycles. The highest BCUT2D eigenvalue weighted by Crippen LogP contribution is 2.46. The second kappa shape index (κ2) is 27.2. The number of hydrogen-bond donors (Lipinski definition) is 7. The number of ether oxygens (including phenoxy) is 5. The van der Waals surface area contributed by atoms with Crippen LogP contribution in [0, 0.1) is 17.8 Å².